The van der Waals surface area contributed by atoms with Gasteiger partial charge in [0.2, 0.25) is 0 Å². The molecule has 0 aliphatic heterocycles. The molecule has 1 fully saturated rings. The Bertz CT molecular complexity index is 1460. The van der Waals surface area contributed by atoms with Gasteiger partial charge in [0, 0.05) is 24.5 Å². The number of anilines is 2. The summed E-state index contributed by atoms with van der Waals surface area (Å²) in [7, 11) is 2.92. The zero-order valence-electron chi connectivity index (χ0n) is 25.5. The minimum absolute atomic E-state index is 0.00300. The third-order valence-corrected chi connectivity index (χ3v) is 7.51. The maximum Gasteiger partial charge on any atom is 0.407 e. The number of hydrogen-bond donors (Lipinski definition) is 3. The van der Waals surface area contributed by atoms with Gasteiger partial charge in [0.05, 0.1) is 36.6 Å². The first-order valence-electron chi connectivity index (χ1n) is 14.5. The van der Waals surface area contributed by atoms with E-state index in [1.54, 1.807) is 52.1 Å². The number of esters is 1. The van der Waals surface area contributed by atoms with Crippen LogP contribution in [0.25, 0.3) is 10.9 Å². The molecular formula is C31H39ClFN5O6. The first-order valence-corrected chi connectivity index (χ1v) is 14.9. The zero-order chi connectivity index (χ0) is 31.9. The van der Waals surface area contributed by atoms with Crippen molar-refractivity contribution >= 4 is 46.1 Å². The SMILES string of the molecule is COC(=O)[C@H](NCCNC(=O)OC(C)(C)C)C1CCC(Oc2cc3c(Nc4cccc(Cl)c4F)ncnc3cc2OC)CC1. The van der Waals surface area contributed by atoms with E-state index in [-0.39, 0.29) is 28.7 Å². The molecule has 11 nitrogen and oxygen atoms in total. The molecule has 2 aromatic carbocycles. The van der Waals surface area contributed by atoms with Crippen molar-refractivity contribution in [1.29, 1.82) is 0 Å². The molecule has 1 aliphatic carbocycles. The normalized spacial score (nSPS) is 17.4. The molecule has 44 heavy (non-hydrogen) atoms. The number of amides is 1. The summed E-state index contributed by atoms with van der Waals surface area (Å²) in [5.74, 6) is 0.494. The molecule has 0 radical (unpaired) electrons. The summed E-state index contributed by atoms with van der Waals surface area (Å²) in [5.41, 5.74) is 0.182. The molecule has 13 heteroatoms. The van der Waals surface area contributed by atoms with Crippen molar-refractivity contribution in [3.8, 4) is 11.5 Å². The van der Waals surface area contributed by atoms with Crippen molar-refractivity contribution in [2.45, 2.75) is 64.2 Å². The number of hydrogen-bond acceptors (Lipinski definition) is 10. The average molecular weight is 632 g/mol. The summed E-state index contributed by atoms with van der Waals surface area (Å²) in [4.78, 5) is 33.2. The van der Waals surface area contributed by atoms with Crippen molar-refractivity contribution < 1.29 is 32.9 Å². The first kappa shape index (κ1) is 33.0. The van der Waals surface area contributed by atoms with Crippen molar-refractivity contribution in [3.63, 3.8) is 0 Å². The summed E-state index contributed by atoms with van der Waals surface area (Å²) < 4.78 is 36.9. The number of carbonyl (C=O) groups excluding carboxylic acids is 2. The molecule has 1 aromatic heterocycles. The maximum absolute atomic E-state index is 14.6. The first-order chi connectivity index (χ1) is 21.0. The van der Waals surface area contributed by atoms with Crippen molar-refractivity contribution in [2.75, 3.05) is 32.6 Å². The van der Waals surface area contributed by atoms with Crippen LogP contribution in [0.3, 0.4) is 0 Å². The number of aromatic nitrogens is 2. The largest absolute Gasteiger partial charge is 0.493 e. The summed E-state index contributed by atoms with van der Waals surface area (Å²) >= 11 is 5.96. The van der Waals surface area contributed by atoms with Gasteiger partial charge in [-0.05, 0) is 70.6 Å². The molecule has 0 spiro atoms. The van der Waals surface area contributed by atoms with E-state index in [9.17, 15) is 14.0 Å². The Hall–Kier alpha value is -3.90. The number of fused-ring (bicyclic) bond motifs is 1. The summed E-state index contributed by atoms with van der Waals surface area (Å²) in [6.07, 6.45) is 3.57. The Morgan fingerprint density at radius 2 is 1.82 bits per heavy atom. The average Bonchev–Trinajstić information content (AvgIpc) is 2.98. The minimum atomic E-state index is -0.590. The fourth-order valence-electron chi connectivity index (χ4n) is 5.14. The van der Waals surface area contributed by atoms with Crippen LogP contribution in [0.4, 0.5) is 20.7 Å². The van der Waals surface area contributed by atoms with Crippen molar-refractivity contribution in [1.82, 2.24) is 20.6 Å². The van der Waals surface area contributed by atoms with Crippen LogP contribution in [-0.4, -0.2) is 67.1 Å². The topological polar surface area (TPSA) is 133 Å². The molecule has 4 rings (SSSR count). The van der Waals surface area contributed by atoms with Gasteiger partial charge in [-0.2, -0.15) is 0 Å². The second kappa shape index (κ2) is 14.7. The standard InChI is InChI=1S/C31H39ClFN5O6/c1-31(2,3)44-30(40)35-14-13-34-27(29(39)42-5)18-9-11-19(12-10-18)43-25-15-20-23(16-24(25)41-4)36-17-37-28(20)38-22-8-6-7-21(32)26(22)33/h6-8,15-19,27,34H,9-14H2,1-5H3,(H,35,40)(H,36,37,38)/t18?,19?,27-/m1/s1. The van der Waals surface area contributed by atoms with Gasteiger partial charge in [0.1, 0.15) is 23.8 Å². The van der Waals surface area contributed by atoms with E-state index in [1.165, 1.54) is 19.5 Å². The lowest BCUT2D eigenvalue weighted by Gasteiger charge is -2.33. The van der Waals surface area contributed by atoms with E-state index in [4.69, 9.17) is 30.5 Å². The third kappa shape index (κ3) is 8.60. The number of methoxy groups -OCH3 is 2. The molecule has 1 aliphatic rings. The van der Waals surface area contributed by atoms with Crippen LogP contribution in [0.15, 0.2) is 36.7 Å². The summed E-state index contributed by atoms with van der Waals surface area (Å²) in [6.45, 7) is 6.06. The Labute approximate surface area is 261 Å². The zero-order valence-corrected chi connectivity index (χ0v) is 26.3. The van der Waals surface area contributed by atoms with Gasteiger partial charge in [0.15, 0.2) is 17.3 Å². The molecule has 0 bridgehead atoms. The van der Waals surface area contributed by atoms with Crippen LogP contribution in [-0.2, 0) is 14.3 Å². The van der Waals surface area contributed by atoms with Gasteiger partial charge in [0.25, 0.3) is 0 Å². The highest BCUT2D eigenvalue weighted by atomic mass is 35.5. The predicted octanol–water partition coefficient (Wildman–Crippen LogP) is 5.77. The van der Waals surface area contributed by atoms with Crippen LogP contribution in [0.2, 0.25) is 5.02 Å². The molecular weight excluding hydrogens is 593 g/mol. The van der Waals surface area contributed by atoms with Crippen LogP contribution in [0.1, 0.15) is 46.5 Å². The molecule has 0 saturated heterocycles. The number of benzene rings is 2. The van der Waals surface area contributed by atoms with E-state index in [0.717, 1.165) is 12.8 Å². The summed E-state index contributed by atoms with van der Waals surface area (Å²) in [5, 5.41) is 9.54. The van der Waals surface area contributed by atoms with Gasteiger partial charge in [-0.15, -0.1) is 0 Å². The lowest BCUT2D eigenvalue weighted by molar-refractivity contribution is -0.145. The maximum atomic E-state index is 14.6. The van der Waals surface area contributed by atoms with E-state index in [0.29, 0.717) is 54.2 Å². The molecule has 238 valence electrons. The Balaban J connectivity index is 1.40. The number of alkyl carbamates (subject to hydrolysis) is 1. The second-order valence-electron chi connectivity index (χ2n) is 11.5. The van der Waals surface area contributed by atoms with E-state index >= 15 is 0 Å². The minimum Gasteiger partial charge on any atom is -0.493 e. The fourth-order valence-corrected chi connectivity index (χ4v) is 5.31. The van der Waals surface area contributed by atoms with Crippen LogP contribution >= 0.6 is 11.6 Å². The second-order valence-corrected chi connectivity index (χ2v) is 11.9. The molecule has 3 aromatic rings. The number of nitrogens with zero attached hydrogens (tertiary/aromatic N) is 2. The van der Waals surface area contributed by atoms with Gasteiger partial charge in [-0.25, -0.2) is 19.2 Å². The molecule has 3 N–H and O–H groups in total. The highest BCUT2D eigenvalue weighted by molar-refractivity contribution is 6.31. The van der Waals surface area contributed by atoms with Gasteiger partial charge in [-0.1, -0.05) is 17.7 Å². The smallest absolute Gasteiger partial charge is 0.407 e. The lowest BCUT2D eigenvalue weighted by Crippen LogP contribution is -2.48. The fraction of sp³-hybridized carbons (Fsp3) is 0.484. The van der Waals surface area contributed by atoms with E-state index in [2.05, 4.69) is 25.9 Å². The monoisotopic (exact) mass is 631 g/mol. The van der Waals surface area contributed by atoms with E-state index in [1.807, 2.05) is 0 Å². The van der Waals surface area contributed by atoms with Crippen LogP contribution in [0.5, 0.6) is 11.5 Å². The third-order valence-electron chi connectivity index (χ3n) is 7.22. The predicted molar refractivity (Wildman–Crippen MR) is 165 cm³/mol. The number of nitrogens with one attached hydrogen (secondary N) is 3. The molecule has 1 saturated carbocycles. The lowest BCUT2D eigenvalue weighted by atomic mass is 9.82. The van der Waals surface area contributed by atoms with Crippen LogP contribution < -0.4 is 25.4 Å². The highest BCUT2D eigenvalue weighted by Crippen LogP contribution is 2.38. The van der Waals surface area contributed by atoms with E-state index < -0.39 is 23.6 Å². The highest BCUT2D eigenvalue weighted by Gasteiger charge is 2.33. The number of rotatable bonds is 11. The molecule has 0 unspecified atom stereocenters. The van der Waals surface area contributed by atoms with Gasteiger partial charge < -0.3 is 34.9 Å². The van der Waals surface area contributed by atoms with Crippen molar-refractivity contribution in [2.24, 2.45) is 5.92 Å². The quantitative estimate of drug-likeness (QED) is 0.177. The Kier molecular flexibility index (Phi) is 11.0. The number of ether oxygens (including phenoxy) is 4. The molecule has 1 amide bonds. The number of halogens is 2. The van der Waals surface area contributed by atoms with Gasteiger partial charge in [-0.3, -0.25) is 4.79 Å². The molecule has 1 heterocycles. The summed E-state index contributed by atoms with van der Waals surface area (Å²) in [6, 6.07) is 7.70. The van der Waals surface area contributed by atoms with Gasteiger partial charge >= 0.3 is 12.1 Å². The Morgan fingerprint density at radius 3 is 2.50 bits per heavy atom. The number of carbonyl (C=O) groups is 2. The molecule has 1 atom stereocenters. The Morgan fingerprint density at radius 1 is 1.07 bits per heavy atom. The van der Waals surface area contributed by atoms with Crippen molar-refractivity contribution in [3.05, 3.63) is 47.5 Å². The van der Waals surface area contributed by atoms with Crippen LogP contribution in [0, 0.1) is 11.7 Å².